The van der Waals surface area contributed by atoms with Gasteiger partial charge in [0.05, 0.1) is 10.4 Å². The zero-order valence-corrected chi connectivity index (χ0v) is 8.80. The van der Waals surface area contributed by atoms with Crippen molar-refractivity contribution in [3.8, 4) is 5.75 Å². The summed E-state index contributed by atoms with van der Waals surface area (Å²) in [6.07, 6.45) is 1.74. The molecule has 0 N–H and O–H groups in total. The van der Waals surface area contributed by atoms with Crippen LogP contribution in [0.15, 0.2) is 30.9 Å². The predicted molar refractivity (Wildman–Crippen MR) is 60.0 cm³/mol. The van der Waals surface area contributed by atoms with Crippen LogP contribution in [0.1, 0.15) is 5.69 Å². The van der Waals surface area contributed by atoms with Crippen LogP contribution in [0.3, 0.4) is 0 Å². The summed E-state index contributed by atoms with van der Waals surface area (Å²) in [5, 5.41) is 1.18. The summed E-state index contributed by atoms with van der Waals surface area (Å²) in [5.74, 6) is 0.876. The van der Waals surface area contributed by atoms with Gasteiger partial charge in [-0.1, -0.05) is 12.7 Å². The molecule has 0 unspecified atom stereocenters. The number of rotatable bonds is 3. The molecule has 2 nitrogen and oxygen atoms in total. The summed E-state index contributed by atoms with van der Waals surface area (Å²) in [7, 11) is 0. The summed E-state index contributed by atoms with van der Waals surface area (Å²) >= 11 is 1.52. The van der Waals surface area contributed by atoms with Gasteiger partial charge in [0.1, 0.15) is 12.4 Å². The Labute approximate surface area is 87.0 Å². The molecule has 0 aliphatic rings. The van der Waals surface area contributed by atoms with Gasteiger partial charge < -0.3 is 4.74 Å². The van der Waals surface area contributed by atoms with E-state index in [1.807, 2.05) is 25.1 Å². The maximum Gasteiger partial charge on any atom is 0.120 e. The Morgan fingerprint density at radius 1 is 1.57 bits per heavy atom. The van der Waals surface area contributed by atoms with Crippen molar-refractivity contribution in [3.05, 3.63) is 36.5 Å². The first kappa shape index (κ1) is 9.21. The highest BCUT2D eigenvalue weighted by Gasteiger charge is 2.02. The topological polar surface area (TPSA) is 22.1 Å². The van der Waals surface area contributed by atoms with E-state index in [2.05, 4.69) is 11.0 Å². The van der Waals surface area contributed by atoms with Gasteiger partial charge in [-0.15, -0.1) is 0 Å². The Balaban J connectivity index is 2.39. The molecule has 0 amide bonds. The number of benzene rings is 1. The molecule has 1 aromatic heterocycles. The molecule has 0 aliphatic heterocycles. The van der Waals surface area contributed by atoms with E-state index in [9.17, 15) is 0 Å². The third kappa shape index (κ3) is 1.63. The highest BCUT2D eigenvalue weighted by atomic mass is 32.1. The average Bonchev–Trinajstić information content (AvgIpc) is 2.57. The summed E-state index contributed by atoms with van der Waals surface area (Å²) in [6.45, 7) is 6.16. The third-order valence-corrected chi connectivity index (χ3v) is 2.91. The minimum Gasteiger partial charge on any atom is -0.490 e. The molecule has 0 saturated heterocycles. The molecule has 2 rings (SSSR count). The zero-order chi connectivity index (χ0) is 9.97. The standard InChI is InChI=1S/C11H11NOS/c1-3-6-13-9-4-5-11-10(7-9)8(2)12-14-11/h3-5,7H,1,6H2,2H3. The molecule has 0 spiro atoms. The molecular formula is C11H11NOS. The number of aryl methyl sites for hydroxylation is 1. The first-order chi connectivity index (χ1) is 6.81. The van der Waals surface area contributed by atoms with Crippen LogP contribution in [0.4, 0.5) is 0 Å². The summed E-state index contributed by atoms with van der Waals surface area (Å²) in [6, 6.07) is 6.03. The summed E-state index contributed by atoms with van der Waals surface area (Å²) in [4.78, 5) is 0. The van der Waals surface area contributed by atoms with Crippen molar-refractivity contribution in [1.82, 2.24) is 4.37 Å². The van der Waals surface area contributed by atoms with Crippen LogP contribution < -0.4 is 4.74 Å². The molecule has 0 radical (unpaired) electrons. The highest BCUT2D eigenvalue weighted by molar-refractivity contribution is 7.13. The molecule has 0 atom stereocenters. The fraction of sp³-hybridized carbons (Fsp3) is 0.182. The first-order valence-electron chi connectivity index (χ1n) is 4.41. The second-order valence-electron chi connectivity index (χ2n) is 3.03. The quantitative estimate of drug-likeness (QED) is 0.718. The SMILES string of the molecule is C=CCOc1ccc2snc(C)c2c1. The van der Waals surface area contributed by atoms with E-state index >= 15 is 0 Å². The Morgan fingerprint density at radius 2 is 2.43 bits per heavy atom. The van der Waals surface area contributed by atoms with Gasteiger partial charge in [0.15, 0.2) is 0 Å². The first-order valence-corrected chi connectivity index (χ1v) is 5.18. The third-order valence-electron chi connectivity index (χ3n) is 1.99. The van der Waals surface area contributed by atoms with Crippen molar-refractivity contribution >= 4 is 21.6 Å². The van der Waals surface area contributed by atoms with Gasteiger partial charge in [-0.05, 0) is 36.7 Å². The largest absolute Gasteiger partial charge is 0.490 e. The van der Waals surface area contributed by atoms with Crippen LogP contribution in [0, 0.1) is 6.92 Å². The van der Waals surface area contributed by atoms with Gasteiger partial charge in [-0.25, -0.2) is 0 Å². The van der Waals surface area contributed by atoms with Gasteiger partial charge in [-0.2, -0.15) is 4.37 Å². The van der Waals surface area contributed by atoms with Gasteiger partial charge in [0.2, 0.25) is 0 Å². The number of aromatic nitrogens is 1. The molecule has 0 saturated carbocycles. The van der Waals surface area contributed by atoms with Crippen molar-refractivity contribution in [2.75, 3.05) is 6.61 Å². The van der Waals surface area contributed by atoms with Crippen molar-refractivity contribution in [2.45, 2.75) is 6.92 Å². The average molecular weight is 205 g/mol. The van der Waals surface area contributed by atoms with Crippen molar-refractivity contribution < 1.29 is 4.74 Å². The van der Waals surface area contributed by atoms with Gasteiger partial charge in [-0.3, -0.25) is 0 Å². The van der Waals surface area contributed by atoms with Gasteiger partial charge in [0, 0.05) is 5.39 Å². The lowest BCUT2D eigenvalue weighted by molar-refractivity contribution is 0.364. The molecular weight excluding hydrogens is 194 g/mol. The van der Waals surface area contributed by atoms with E-state index in [1.54, 1.807) is 6.08 Å². The van der Waals surface area contributed by atoms with E-state index in [0.717, 1.165) is 11.4 Å². The molecule has 14 heavy (non-hydrogen) atoms. The molecule has 1 aromatic carbocycles. The maximum absolute atomic E-state index is 5.45. The Bertz CT molecular complexity index is 461. The lowest BCUT2D eigenvalue weighted by atomic mass is 10.2. The van der Waals surface area contributed by atoms with Gasteiger partial charge >= 0.3 is 0 Å². The monoisotopic (exact) mass is 205 g/mol. The molecule has 3 heteroatoms. The number of nitrogens with zero attached hydrogens (tertiary/aromatic N) is 1. The smallest absolute Gasteiger partial charge is 0.120 e. The second kappa shape index (κ2) is 3.80. The van der Waals surface area contributed by atoms with Crippen LogP contribution in [0.2, 0.25) is 0 Å². The molecule has 0 bridgehead atoms. The minimum absolute atomic E-state index is 0.544. The number of ether oxygens (including phenoxy) is 1. The molecule has 2 aromatic rings. The molecule has 1 heterocycles. The van der Waals surface area contributed by atoms with Crippen molar-refractivity contribution in [2.24, 2.45) is 0 Å². The van der Waals surface area contributed by atoms with E-state index in [0.29, 0.717) is 6.61 Å². The van der Waals surface area contributed by atoms with Crippen molar-refractivity contribution in [3.63, 3.8) is 0 Å². The lowest BCUT2D eigenvalue weighted by Crippen LogP contribution is -1.91. The molecule has 72 valence electrons. The number of fused-ring (bicyclic) bond motifs is 1. The normalized spacial score (nSPS) is 10.4. The van der Waals surface area contributed by atoms with Gasteiger partial charge in [0.25, 0.3) is 0 Å². The fourth-order valence-electron chi connectivity index (χ4n) is 1.28. The molecule has 0 fully saturated rings. The van der Waals surface area contributed by atoms with Crippen LogP contribution in [-0.4, -0.2) is 11.0 Å². The Kier molecular flexibility index (Phi) is 2.50. The zero-order valence-electron chi connectivity index (χ0n) is 7.99. The van der Waals surface area contributed by atoms with Crippen LogP contribution >= 0.6 is 11.5 Å². The fourth-order valence-corrected chi connectivity index (χ4v) is 2.05. The predicted octanol–water partition coefficient (Wildman–Crippen LogP) is 3.17. The maximum atomic E-state index is 5.45. The number of hydrogen-bond acceptors (Lipinski definition) is 3. The Morgan fingerprint density at radius 3 is 3.21 bits per heavy atom. The summed E-state index contributed by atoms with van der Waals surface area (Å²) in [5.41, 5.74) is 1.06. The van der Waals surface area contributed by atoms with Crippen molar-refractivity contribution in [1.29, 1.82) is 0 Å². The van der Waals surface area contributed by atoms with E-state index in [4.69, 9.17) is 4.74 Å². The van der Waals surface area contributed by atoms with Crippen LogP contribution in [-0.2, 0) is 0 Å². The molecule has 0 aliphatic carbocycles. The second-order valence-corrected chi connectivity index (χ2v) is 3.83. The van der Waals surface area contributed by atoms with Crippen LogP contribution in [0.5, 0.6) is 5.75 Å². The summed E-state index contributed by atoms with van der Waals surface area (Å²) < 4.78 is 10.9. The minimum atomic E-state index is 0.544. The van der Waals surface area contributed by atoms with E-state index in [1.165, 1.54) is 21.6 Å². The highest BCUT2D eigenvalue weighted by Crippen LogP contribution is 2.26. The Hall–Kier alpha value is -1.35. The number of hydrogen-bond donors (Lipinski definition) is 0. The van der Waals surface area contributed by atoms with E-state index < -0.39 is 0 Å². The lowest BCUT2D eigenvalue weighted by Gasteiger charge is -2.02. The van der Waals surface area contributed by atoms with Crippen LogP contribution in [0.25, 0.3) is 10.1 Å². The van der Waals surface area contributed by atoms with E-state index in [-0.39, 0.29) is 0 Å².